The third-order valence-electron chi connectivity index (χ3n) is 7.59. The highest BCUT2D eigenvalue weighted by molar-refractivity contribution is 6.43. The van der Waals surface area contributed by atoms with Crippen molar-refractivity contribution in [2.24, 2.45) is 0 Å². The maximum absolute atomic E-state index is 13.1. The van der Waals surface area contributed by atoms with Crippen LogP contribution in [0.15, 0.2) is 55.0 Å². The van der Waals surface area contributed by atoms with Crippen LogP contribution in [0.3, 0.4) is 0 Å². The quantitative estimate of drug-likeness (QED) is 0.223. The minimum atomic E-state index is -4.92. The van der Waals surface area contributed by atoms with Gasteiger partial charge in [0.2, 0.25) is 5.95 Å². The van der Waals surface area contributed by atoms with Crippen molar-refractivity contribution in [2.75, 3.05) is 30.3 Å². The molecule has 6 rings (SSSR count). The van der Waals surface area contributed by atoms with Crippen molar-refractivity contribution in [3.05, 3.63) is 76.2 Å². The minimum Gasteiger partial charge on any atom is -0.340 e. The fourth-order valence-electron chi connectivity index (χ4n) is 5.34. The van der Waals surface area contributed by atoms with Crippen LogP contribution in [0.4, 0.5) is 36.3 Å². The van der Waals surface area contributed by atoms with E-state index in [1.165, 1.54) is 0 Å². The molecule has 14 heteroatoms. The van der Waals surface area contributed by atoms with E-state index in [9.17, 15) is 18.0 Å². The second-order valence-corrected chi connectivity index (χ2v) is 11.2. The number of alkyl halides is 3. The molecule has 0 radical (unpaired) electrons. The Morgan fingerprint density at radius 2 is 1.86 bits per heavy atom. The van der Waals surface area contributed by atoms with Gasteiger partial charge in [-0.05, 0) is 67.7 Å². The average Bonchev–Trinajstić information content (AvgIpc) is 3.49. The van der Waals surface area contributed by atoms with Crippen molar-refractivity contribution >= 4 is 52.3 Å². The first-order valence-electron chi connectivity index (χ1n) is 13.7. The first-order valence-corrected chi connectivity index (χ1v) is 14.5. The maximum atomic E-state index is 13.1. The first kappa shape index (κ1) is 29.2. The van der Waals surface area contributed by atoms with Gasteiger partial charge in [-0.3, -0.25) is 9.48 Å². The Balaban J connectivity index is 1.32. The molecule has 4 heterocycles. The van der Waals surface area contributed by atoms with E-state index in [1.54, 1.807) is 36.7 Å². The number of rotatable bonds is 6. The second-order valence-electron chi connectivity index (χ2n) is 10.5. The largest absolute Gasteiger partial charge is 0.471 e. The monoisotopic (exact) mass is 630 g/mol. The Bertz CT molecular complexity index is 1660. The van der Waals surface area contributed by atoms with E-state index in [0.29, 0.717) is 44.8 Å². The lowest BCUT2D eigenvalue weighted by atomic mass is 9.99. The molecule has 2 aliphatic heterocycles. The number of aromatic nitrogens is 4. The number of carbonyl (C=O) groups excluding carboxylic acids is 1. The number of nitrogens with one attached hydrogen (secondary N) is 3. The van der Waals surface area contributed by atoms with Gasteiger partial charge in [0.05, 0.1) is 28.0 Å². The maximum Gasteiger partial charge on any atom is 0.471 e. The predicted molar refractivity (Wildman–Crippen MR) is 159 cm³/mol. The molecule has 4 aromatic rings. The van der Waals surface area contributed by atoms with Crippen LogP contribution >= 0.6 is 23.2 Å². The number of benzene rings is 2. The summed E-state index contributed by atoms with van der Waals surface area (Å²) in [7, 11) is 0. The highest BCUT2D eigenvalue weighted by Crippen LogP contribution is 2.35. The molecule has 0 spiro atoms. The second kappa shape index (κ2) is 12.0. The average molecular weight is 631 g/mol. The molecule has 1 amide bonds. The van der Waals surface area contributed by atoms with Gasteiger partial charge in [-0.2, -0.15) is 23.3 Å². The normalized spacial score (nSPS) is 15.7. The van der Waals surface area contributed by atoms with Crippen molar-refractivity contribution < 1.29 is 18.0 Å². The Labute approximate surface area is 255 Å². The summed E-state index contributed by atoms with van der Waals surface area (Å²) in [5.74, 6) is -1.14. The number of nitrogens with zero attached hydrogens (tertiary/aromatic N) is 5. The fourth-order valence-corrected chi connectivity index (χ4v) is 5.69. The standard InChI is InChI=1S/C29H27Cl2F3N8O/c30-23-2-1-3-24(25(23)31)39-28-36-14-22(19-13-37-42(16-19)21-6-9-35-10-7-21)26(40-28)38-20-5-4-17-8-11-41(15-18(17)12-20)27(43)29(32,33)34/h1-5,12-14,16,21,35H,6-11,15H2,(H2,36,38,39,40). The number of hydrogen-bond donors (Lipinski definition) is 3. The van der Waals surface area contributed by atoms with E-state index >= 15 is 0 Å². The van der Waals surface area contributed by atoms with Gasteiger partial charge in [-0.25, -0.2) is 4.98 Å². The lowest BCUT2D eigenvalue weighted by Gasteiger charge is -2.29. The number of carbonyl (C=O) groups is 1. The molecule has 1 fully saturated rings. The summed E-state index contributed by atoms with van der Waals surface area (Å²) in [6.07, 6.45) is 2.75. The molecular weight excluding hydrogens is 604 g/mol. The number of halogens is 5. The van der Waals surface area contributed by atoms with Crippen molar-refractivity contribution in [3.63, 3.8) is 0 Å². The van der Waals surface area contributed by atoms with Gasteiger partial charge < -0.3 is 20.9 Å². The lowest BCUT2D eigenvalue weighted by molar-refractivity contribution is -0.186. The zero-order chi connectivity index (χ0) is 30.1. The van der Waals surface area contributed by atoms with Gasteiger partial charge in [-0.1, -0.05) is 35.3 Å². The summed E-state index contributed by atoms with van der Waals surface area (Å²) in [5, 5.41) is 15.1. The van der Waals surface area contributed by atoms with E-state index in [2.05, 4.69) is 26.0 Å². The van der Waals surface area contributed by atoms with E-state index in [4.69, 9.17) is 28.2 Å². The molecule has 2 aliphatic rings. The van der Waals surface area contributed by atoms with Crippen molar-refractivity contribution in [2.45, 2.75) is 38.0 Å². The topological polar surface area (TPSA) is 100 Å². The third kappa shape index (κ3) is 6.41. The molecule has 0 aliphatic carbocycles. The summed E-state index contributed by atoms with van der Waals surface area (Å²) < 4.78 is 41.2. The van der Waals surface area contributed by atoms with E-state index < -0.39 is 12.1 Å². The molecule has 1 saturated heterocycles. The van der Waals surface area contributed by atoms with Crippen molar-refractivity contribution in [1.82, 2.24) is 30.0 Å². The molecule has 0 unspecified atom stereocenters. The van der Waals surface area contributed by atoms with Crippen molar-refractivity contribution in [1.29, 1.82) is 0 Å². The SMILES string of the molecule is O=C(N1CCc2ccc(Nc3nc(Nc4cccc(Cl)c4Cl)ncc3-c3cnn(C4CCNCC4)c3)cc2C1)C(F)(F)F. The molecule has 224 valence electrons. The molecule has 0 saturated carbocycles. The van der Waals surface area contributed by atoms with Crippen LogP contribution in [0, 0.1) is 0 Å². The number of fused-ring (bicyclic) bond motifs is 1. The van der Waals surface area contributed by atoms with Gasteiger partial charge in [0.1, 0.15) is 5.82 Å². The predicted octanol–water partition coefficient (Wildman–Crippen LogP) is 6.51. The van der Waals surface area contributed by atoms with Crippen LogP contribution in [-0.2, 0) is 17.8 Å². The van der Waals surface area contributed by atoms with Crippen LogP contribution in [0.25, 0.3) is 11.1 Å². The summed E-state index contributed by atoms with van der Waals surface area (Å²) in [6, 6.07) is 10.9. The summed E-state index contributed by atoms with van der Waals surface area (Å²) in [4.78, 5) is 21.9. The summed E-state index contributed by atoms with van der Waals surface area (Å²) >= 11 is 12.5. The molecule has 2 aromatic heterocycles. The van der Waals surface area contributed by atoms with Crippen LogP contribution in [0.1, 0.15) is 30.0 Å². The molecule has 9 nitrogen and oxygen atoms in total. The smallest absolute Gasteiger partial charge is 0.340 e. The third-order valence-corrected chi connectivity index (χ3v) is 8.41. The molecular formula is C29H27Cl2F3N8O. The van der Waals surface area contributed by atoms with Gasteiger partial charge in [0.25, 0.3) is 0 Å². The zero-order valence-corrected chi connectivity index (χ0v) is 24.3. The molecule has 43 heavy (non-hydrogen) atoms. The number of piperidine rings is 1. The van der Waals surface area contributed by atoms with Crippen LogP contribution < -0.4 is 16.0 Å². The Kier molecular flexibility index (Phi) is 8.17. The number of anilines is 4. The molecule has 3 N–H and O–H groups in total. The van der Waals surface area contributed by atoms with Gasteiger partial charge in [0, 0.05) is 42.3 Å². The molecule has 2 aromatic carbocycles. The minimum absolute atomic E-state index is 0.0102. The van der Waals surface area contributed by atoms with Crippen LogP contribution in [0.5, 0.6) is 0 Å². The Hall–Kier alpha value is -3.87. The fraction of sp³-hybridized carbons (Fsp3) is 0.310. The van der Waals surface area contributed by atoms with Crippen molar-refractivity contribution in [3.8, 4) is 11.1 Å². The highest BCUT2D eigenvalue weighted by atomic mass is 35.5. The van der Waals surface area contributed by atoms with E-state index in [-0.39, 0.29) is 25.1 Å². The molecule has 0 atom stereocenters. The van der Waals surface area contributed by atoms with Crippen LogP contribution in [-0.4, -0.2) is 56.4 Å². The Morgan fingerprint density at radius 3 is 2.65 bits per heavy atom. The van der Waals surface area contributed by atoms with Gasteiger partial charge in [-0.15, -0.1) is 0 Å². The Morgan fingerprint density at radius 1 is 1.05 bits per heavy atom. The summed E-state index contributed by atoms with van der Waals surface area (Å²) in [5.41, 5.74) is 4.11. The summed E-state index contributed by atoms with van der Waals surface area (Å²) in [6.45, 7) is 1.72. The van der Waals surface area contributed by atoms with Gasteiger partial charge in [0.15, 0.2) is 0 Å². The zero-order valence-electron chi connectivity index (χ0n) is 22.8. The molecule has 0 bridgehead atoms. The van der Waals surface area contributed by atoms with Crippen LogP contribution in [0.2, 0.25) is 10.0 Å². The van der Waals surface area contributed by atoms with Gasteiger partial charge >= 0.3 is 12.1 Å². The lowest BCUT2D eigenvalue weighted by Crippen LogP contribution is -2.43. The first-order chi connectivity index (χ1) is 20.7. The number of amides is 1. The van der Waals surface area contributed by atoms with E-state index in [1.807, 2.05) is 23.0 Å². The van der Waals surface area contributed by atoms with E-state index in [0.717, 1.165) is 42.0 Å². The number of hydrogen-bond acceptors (Lipinski definition) is 7. The highest BCUT2D eigenvalue weighted by Gasteiger charge is 2.43.